The van der Waals surface area contributed by atoms with Gasteiger partial charge in [0, 0.05) is 21.7 Å². The maximum absolute atomic E-state index is 12.3. The Labute approximate surface area is 153 Å². The molecule has 0 unspecified atom stereocenters. The van der Waals surface area contributed by atoms with E-state index in [0.29, 0.717) is 33.8 Å². The van der Waals surface area contributed by atoms with Gasteiger partial charge in [-0.15, -0.1) is 0 Å². The Hall–Kier alpha value is -2.67. The maximum Gasteiger partial charge on any atom is 0.288 e. The SMILES string of the molecule is Cc1nc(-c2cccc(NC(=O)c3ccc(SC(F)F)cc3)c2)oc1C. The van der Waals surface area contributed by atoms with Gasteiger partial charge in [0.1, 0.15) is 5.76 Å². The van der Waals surface area contributed by atoms with Gasteiger partial charge in [-0.1, -0.05) is 17.8 Å². The highest BCUT2D eigenvalue weighted by Gasteiger charge is 2.11. The number of halogens is 2. The molecule has 0 bridgehead atoms. The molecule has 0 atom stereocenters. The first kappa shape index (κ1) is 18.1. The lowest BCUT2D eigenvalue weighted by atomic mass is 10.1. The summed E-state index contributed by atoms with van der Waals surface area (Å²) in [5.41, 5.74) is 2.54. The van der Waals surface area contributed by atoms with E-state index in [-0.39, 0.29) is 5.91 Å². The van der Waals surface area contributed by atoms with E-state index < -0.39 is 5.76 Å². The van der Waals surface area contributed by atoms with Gasteiger partial charge in [-0.2, -0.15) is 8.78 Å². The second-order valence-electron chi connectivity index (χ2n) is 5.60. The molecule has 0 spiro atoms. The van der Waals surface area contributed by atoms with E-state index >= 15 is 0 Å². The van der Waals surface area contributed by atoms with E-state index in [1.807, 2.05) is 19.9 Å². The van der Waals surface area contributed by atoms with Crippen molar-refractivity contribution in [1.82, 2.24) is 4.98 Å². The molecule has 1 N–H and O–H groups in total. The topological polar surface area (TPSA) is 55.1 Å². The van der Waals surface area contributed by atoms with Crippen molar-refractivity contribution >= 4 is 23.4 Å². The number of oxazole rings is 1. The number of nitrogens with zero attached hydrogens (tertiary/aromatic N) is 1. The molecule has 2 aromatic carbocycles. The second-order valence-corrected chi connectivity index (χ2v) is 6.66. The number of alkyl halides is 2. The number of anilines is 1. The number of rotatable bonds is 5. The van der Waals surface area contributed by atoms with Crippen LogP contribution in [-0.2, 0) is 0 Å². The molecule has 134 valence electrons. The Bertz CT molecular complexity index is 904. The van der Waals surface area contributed by atoms with Gasteiger partial charge in [0.05, 0.1) is 5.69 Å². The molecule has 0 aliphatic carbocycles. The zero-order valence-corrected chi connectivity index (χ0v) is 14.9. The van der Waals surface area contributed by atoms with Crippen molar-refractivity contribution in [3.63, 3.8) is 0 Å². The molecule has 3 rings (SSSR count). The van der Waals surface area contributed by atoms with Crippen molar-refractivity contribution in [1.29, 1.82) is 0 Å². The summed E-state index contributed by atoms with van der Waals surface area (Å²) in [5, 5.41) is 2.79. The third kappa shape index (κ3) is 4.29. The molecule has 0 saturated carbocycles. The normalized spacial score (nSPS) is 11.0. The number of amides is 1. The summed E-state index contributed by atoms with van der Waals surface area (Å²) in [6, 6.07) is 13.2. The average molecular weight is 374 g/mol. The van der Waals surface area contributed by atoms with Crippen LogP contribution in [0.1, 0.15) is 21.8 Å². The molecule has 0 aliphatic rings. The number of carbonyl (C=O) groups excluding carboxylic acids is 1. The van der Waals surface area contributed by atoms with Gasteiger partial charge in [0.15, 0.2) is 0 Å². The molecule has 26 heavy (non-hydrogen) atoms. The van der Waals surface area contributed by atoms with Crippen LogP contribution in [0.5, 0.6) is 0 Å². The zero-order chi connectivity index (χ0) is 18.7. The van der Waals surface area contributed by atoms with Crippen LogP contribution in [0.25, 0.3) is 11.5 Å². The fraction of sp³-hybridized carbons (Fsp3) is 0.158. The third-order valence-electron chi connectivity index (χ3n) is 3.74. The molecule has 1 amide bonds. The van der Waals surface area contributed by atoms with E-state index in [1.165, 1.54) is 24.3 Å². The van der Waals surface area contributed by atoms with Gasteiger partial charge >= 0.3 is 0 Å². The first-order valence-electron chi connectivity index (χ1n) is 7.83. The molecule has 1 aromatic heterocycles. The summed E-state index contributed by atoms with van der Waals surface area (Å²) in [6.45, 7) is 3.71. The Kier molecular flexibility index (Phi) is 5.37. The predicted octanol–water partition coefficient (Wildman–Crippen LogP) is 5.53. The van der Waals surface area contributed by atoms with Gasteiger partial charge in [0.25, 0.3) is 11.7 Å². The van der Waals surface area contributed by atoms with Crippen LogP contribution < -0.4 is 5.32 Å². The van der Waals surface area contributed by atoms with E-state index in [0.717, 1.165) is 17.0 Å². The maximum atomic E-state index is 12.3. The molecule has 7 heteroatoms. The molecule has 0 aliphatic heterocycles. The number of aryl methyl sites for hydroxylation is 2. The quantitative estimate of drug-likeness (QED) is 0.597. The number of thioether (sulfide) groups is 1. The number of hydrogen-bond acceptors (Lipinski definition) is 4. The number of aromatic nitrogens is 1. The molecule has 0 radical (unpaired) electrons. The highest BCUT2D eigenvalue weighted by Crippen LogP contribution is 2.26. The van der Waals surface area contributed by atoms with Crippen LogP contribution in [0.4, 0.5) is 14.5 Å². The summed E-state index contributed by atoms with van der Waals surface area (Å²) in [4.78, 5) is 17.1. The van der Waals surface area contributed by atoms with Gasteiger partial charge in [-0.05, 0) is 56.3 Å². The molecule has 3 aromatic rings. The molecule has 0 fully saturated rings. The number of nitrogens with one attached hydrogen (secondary N) is 1. The van der Waals surface area contributed by atoms with Crippen LogP contribution >= 0.6 is 11.8 Å². The third-order valence-corrected chi connectivity index (χ3v) is 4.46. The minimum atomic E-state index is -2.49. The van der Waals surface area contributed by atoms with E-state index in [4.69, 9.17) is 4.42 Å². The average Bonchev–Trinajstić information content (AvgIpc) is 2.94. The van der Waals surface area contributed by atoms with Crippen LogP contribution in [0, 0.1) is 13.8 Å². The van der Waals surface area contributed by atoms with Crippen molar-refractivity contribution < 1.29 is 18.0 Å². The van der Waals surface area contributed by atoms with E-state index in [9.17, 15) is 13.6 Å². The molecular weight excluding hydrogens is 358 g/mol. The van der Waals surface area contributed by atoms with Gasteiger partial charge in [-0.25, -0.2) is 4.98 Å². The van der Waals surface area contributed by atoms with Crippen molar-refractivity contribution in [2.75, 3.05) is 5.32 Å². The largest absolute Gasteiger partial charge is 0.441 e. The summed E-state index contributed by atoms with van der Waals surface area (Å²) in [5.74, 6) is -1.57. The van der Waals surface area contributed by atoms with Crippen molar-refractivity contribution in [3.8, 4) is 11.5 Å². The minimum Gasteiger partial charge on any atom is -0.441 e. The summed E-state index contributed by atoms with van der Waals surface area (Å²) >= 11 is 0.443. The molecule has 4 nitrogen and oxygen atoms in total. The van der Waals surface area contributed by atoms with Crippen LogP contribution in [0.15, 0.2) is 57.8 Å². The smallest absolute Gasteiger partial charge is 0.288 e. The Morgan fingerprint density at radius 3 is 2.50 bits per heavy atom. The summed E-state index contributed by atoms with van der Waals surface area (Å²) in [7, 11) is 0. The Balaban J connectivity index is 1.74. The Morgan fingerprint density at radius 2 is 1.88 bits per heavy atom. The zero-order valence-electron chi connectivity index (χ0n) is 14.1. The van der Waals surface area contributed by atoms with Crippen LogP contribution in [0.3, 0.4) is 0 Å². The monoisotopic (exact) mass is 374 g/mol. The number of benzene rings is 2. The van der Waals surface area contributed by atoms with E-state index in [2.05, 4.69) is 10.3 Å². The second kappa shape index (κ2) is 7.70. The number of carbonyl (C=O) groups is 1. The summed E-state index contributed by atoms with van der Waals surface area (Å²) < 4.78 is 30.3. The minimum absolute atomic E-state index is 0.324. The Morgan fingerprint density at radius 1 is 1.15 bits per heavy atom. The first-order chi connectivity index (χ1) is 12.4. The lowest BCUT2D eigenvalue weighted by molar-refractivity contribution is 0.102. The van der Waals surface area contributed by atoms with Crippen molar-refractivity contribution in [2.45, 2.75) is 24.5 Å². The van der Waals surface area contributed by atoms with Gasteiger partial charge in [0.2, 0.25) is 5.89 Å². The van der Waals surface area contributed by atoms with Crippen molar-refractivity contribution in [2.24, 2.45) is 0 Å². The fourth-order valence-corrected chi connectivity index (χ4v) is 2.82. The predicted molar refractivity (Wildman–Crippen MR) is 97.7 cm³/mol. The van der Waals surface area contributed by atoms with Gasteiger partial charge < -0.3 is 9.73 Å². The summed E-state index contributed by atoms with van der Waals surface area (Å²) in [6.07, 6.45) is 0. The lowest BCUT2D eigenvalue weighted by Gasteiger charge is -2.07. The highest BCUT2D eigenvalue weighted by atomic mass is 32.2. The van der Waals surface area contributed by atoms with E-state index in [1.54, 1.807) is 18.2 Å². The fourth-order valence-electron chi connectivity index (χ4n) is 2.32. The van der Waals surface area contributed by atoms with Gasteiger partial charge in [-0.3, -0.25) is 4.79 Å². The molecule has 1 heterocycles. The van der Waals surface area contributed by atoms with Crippen molar-refractivity contribution in [3.05, 3.63) is 65.5 Å². The highest BCUT2D eigenvalue weighted by molar-refractivity contribution is 7.99. The standard InChI is InChI=1S/C19H16F2N2O2S/c1-11-12(2)25-18(22-11)14-4-3-5-15(10-14)23-17(24)13-6-8-16(9-7-13)26-19(20)21/h3-10,19H,1-2H3,(H,23,24). The molecule has 0 saturated heterocycles. The molecular formula is C19H16F2N2O2S. The first-order valence-corrected chi connectivity index (χ1v) is 8.71. The van der Waals surface area contributed by atoms with Crippen LogP contribution in [0.2, 0.25) is 0 Å². The number of hydrogen-bond donors (Lipinski definition) is 1. The van der Waals surface area contributed by atoms with Crippen LogP contribution in [-0.4, -0.2) is 16.6 Å². The lowest BCUT2D eigenvalue weighted by Crippen LogP contribution is -2.11.